The van der Waals surface area contributed by atoms with Crippen molar-refractivity contribution in [3.8, 4) is 56.3 Å². The monoisotopic (exact) mass is 518 g/mol. The molecule has 0 saturated heterocycles. The second-order valence-corrected chi connectivity index (χ2v) is 14.6. The minimum atomic E-state index is -2.01. The van der Waals surface area contributed by atoms with E-state index in [1.54, 1.807) is 12.4 Å². The van der Waals surface area contributed by atoms with Gasteiger partial charge in [0, 0.05) is 45.5 Å². The normalized spacial score (nSPS) is 13.1. The molecule has 4 aromatic carbocycles. The van der Waals surface area contributed by atoms with Gasteiger partial charge in [-0.2, -0.15) is 0 Å². The minimum Gasteiger partial charge on any atom is -0.252 e. The lowest BCUT2D eigenvalue weighted by atomic mass is 10.00. The van der Waals surface area contributed by atoms with E-state index in [2.05, 4.69) is 103 Å². The van der Waals surface area contributed by atoms with E-state index in [9.17, 15) is 0 Å². The lowest BCUT2D eigenvalue weighted by molar-refractivity contribution is 1.20. The highest BCUT2D eigenvalue weighted by atomic mass is 28.3. The first kappa shape index (κ1) is 23.4. The lowest BCUT2D eigenvalue weighted by Crippen LogP contribution is -2.50. The third kappa shape index (κ3) is 3.90. The molecule has 1 aliphatic rings. The van der Waals surface area contributed by atoms with Crippen molar-refractivity contribution < 1.29 is 0 Å². The van der Waals surface area contributed by atoms with Gasteiger partial charge in [0.25, 0.3) is 0 Å². The number of hydrogen-bond donors (Lipinski definition) is 0. The van der Waals surface area contributed by atoms with Crippen molar-refractivity contribution in [3.63, 3.8) is 0 Å². The van der Waals surface area contributed by atoms with Crippen LogP contribution >= 0.6 is 0 Å². The highest BCUT2D eigenvalue weighted by Gasteiger charge is 2.41. The van der Waals surface area contributed by atoms with E-state index in [0.29, 0.717) is 0 Å². The fraction of sp³-hybridized carbons (Fsp3) is 0.0588. The first-order chi connectivity index (χ1) is 19.1. The standard InChI is InChI=1S/C34H26N4Si/c1-39(2)28-19-10-9-18-27(28)29-30(23-12-5-3-6-13-23)37-33(38-34(29)39)26-17-11-16-25(22-26)32-31(35-20-21-36-32)24-14-7-4-8-15-24/h3-22H,1-2H3. The minimum absolute atomic E-state index is 0.744. The van der Waals surface area contributed by atoms with Gasteiger partial charge in [0.2, 0.25) is 0 Å². The molecule has 6 aromatic rings. The van der Waals surface area contributed by atoms with Crippen LogP contribution in [0, 0.1) is 0 Å². The highest BCUT2D eigenvalue weighted by molar-refractivity contribution is 7.03. The summed E-state index contributed by atoms with van der Waals surface area (Å²) in [5, 5.41) is 2.62. The molecular weight excluding hydrogens is 492 g/mol. The Morgan fingerprint density at radius 1 is 0.513 bits per heavy atom. The maximum atomic E-state index is 5.31. The van der Waals surface area contributed by atoms with Crippen LogP contribution in [0.1, 0.15) is 0 Å². The Balaban J connectivity index is 1.43. The van der Waals surface area contributed by atoms with Gasteiger partial charge in [-0.3, -0.25) is 9.97 Å². The van der Waals surface area contributed by atoms with Crippen LogP contribution in [0.3, 0.4) is 0 Å². The van der Waals surface area contributed by atoms with Gasteiger partial charge in [0.15, 0.2) is 5.82 Å². The molecule has 0 spiro atoms. The Bertz CT molecular complexity index is 1830. The molecule has 3 heterocycles. The van der Waals surface area contributed by atoms with E-state index in [4.69, 9.17) is 15.0 Å². The smallest absolute Gasteiger partial charge is 0.159 e. The van der Waals surface area contributed by atoms with Gasteiger partial charge in [-0.1, -0.05) is 116 Å². The van der Waals surface area contributed by atoms with Crippen molar-refractivity contribution in [3.05, 3.63) is 122 Å². The van der Waals surface area contributed by atoms with Crippen molar-refractivity contribution >= 4 is 18.6 Å². The molecule has 4 nitrogen and oxygen atoms in total. The van der Waals surface area contributed by atoms with Crippen molar-refractivity contribution in [1.82, 2.24) is 19.9 Å². The summed E-state index contributed by atoms with van der Waals surface area (Å²) in [5.41, 5.74) is 9.27. The Morgan fingerprint density at radius 2 is 1.08 bits per heavy atom. The van der Waals surface area contributed by atoms with E-state index < -0.39 is 8.07 Å². The van der Waals surface area contributed by atoms with Gasteiger partial charge in [-0.25, -0.2) is 9.97 Å². The summed E-state index contributed by atoms with van der Waals surface area (Å²) in [7, 11) is -2.01. The maximum Gasteiger partial charge on any atom is 0.159 e. The molecule has 0 bridgehead atoms. The average Bonchev–Trinajstić information content (AvgIpc) is 3.24. The average molecular weight is 519 g/mol. The summed E-state index contributed by atoms with van der Waals surface area (Å²) in [6, 6.07) is 37.8. The maximum absolute atomic E-state index is 5.31. The molecule has 0 saturated carbocycles. The molecule has 0 unspecified atom stereocenters. The molecule has 7 rings (SSSR count). The molecule has 2 aromatic heterocycles. The number of rotatable bonds is 4. The Labute approximate surface area is 229 Å². The van der Waals surface area contributed by atoms with E-state index >= 15 is 0 Å². The fourth-order valence-corrected chi connectivity index (χ4v) is 8.55. The van der Waals surface area contributed by atoms with Gasteiger partial charge in [-0.05, 0) is 16.8 Å². The largest absolute Gasteiger partial charge is 0.252 e. The van der Waals surface area contributed by atoms with Crippen LogP contribution in [0.2, 0.25) is 13.1 Å². The van der Waals surface area contributed by atoms with Crippen LogP contribution in [0.15, 0.2) is 122 Å². The zero-order chi connectivity index (χ0) is 26.4. The molecule has 0 N–H and O–H groups in total. The molecule has 186 valence electrons. The summed E-state index contributed by atoms with van der Waals surface area (Å²) in [6.07, 6.45) is 3.50. The summed E-state index contributed by atoms with van der Waals surface area (Å²) in [4.78, 5) is 20.0. The quantitative estimate of drug-likeness (QED) is 0.243. The third-order valence-electron chi connectivity index (χ3n) is 7.56. The van der Waals surface area contributed by atoms with Crippen LogP contribution < -0.4 is 10.5 Å². The van der Waals surface area contributed by atoms with E-state index in [1.807, 2.05) is 24.3 Å². The summed E-state index contributed by atoms with van der Waals surface area (Å²) in [6.45, 7) is 4.79. The second-order valence-electron chi connectivity index (χ2n) is 10.4. The molecule has 5 heteroatoms. The van der Waals surface area contributed by atoms with E-state index in [1.165, 1.54) is 21.6 Å². The van der Waals surface area contributed by atoms with Crippen molar-refractivity contribution in [2.75, 3.05) is 0 Å². The topological polar surface area (TPSA) is 51.6 Å². The molecule has 39 heavy (non-hydrogen) atoms. The zero-order valence-electron chi connectivity index (χ0n) is 21.8. The third-order valence-corrected chi connectivity index (χ3v) is 10.9. The molecular formula is C34H26N4Si. The van der Waals surface area contributed by atoms with Crippen LogP contribution in [-0.2, 0) is 0 Å². The van der Waals surface area contributed by atoms with E-state index in [-0.39, 0.29) is 0 Å². The van der Waals surface area contributed by atoms with Crippen LogP contribution in [0.4, 0.5) is 0 Å². The Hall–Kier alpha value is -4.74. The number of fused-ring (bicyclic) bond motifs is 3. The number of nitrogens with zero attached hydrogens (tertiary/aromatic N) is 4. The van der Waals surface area contributed by atoms with Gasteiger partial charge in [0.1, 0.15) is 8.07 Å². The second kappa shape index (κ2) is 9.22. The number of benzene rings is 4. The van der Waals surface area contributed by atoms with Crippen LogP contribution in [0.5, 0.6) is 0 Å². The van der Waals surface area contributed by atoms with Crippen LogP contribution in [0.25, 0.3) is 56.3 Å². The molecule has 0 radical (unpaired) electrons. The van der Waals surface area contributed by atoms with Gasteiger partial charge in [-0.15, -0.1) is 0 Å². The molecule has 0 fully saturated rings. The number of aromatic nitrogens is 4. The van der Waals surface area contributed by atoms with Crippen molar-refractivity contribution in [1.29, 1.82) is 0 Å². The summed E-state index contributed by atoms with van der Waals surface area (Å²) >= 11 is 0. The van der Waals surface area contributed by atoms with Gasteiger partial charge >= 0.3 is 0 Å². The molecule has 0 atom stereocenters. The summed E-state index contributed by atoms with van der Waals surface area (Å²) < 4.78 is 0. The fourth-order valence-electron chi connectivity index (χ4n) is 5.64. The lowest BCUT2D eigenvalue weighted by Gasteiger charge is -2.19. The molecule has 0 amide bonds. The van der Waals surface area contributed by atoms with Crippen LogP contribution in [-0.4, -0.2) is 28.0 Å². The predicted octanol–water partition coefficient (Wildman–Crippen LogP) is 6.74. The Kier molecular flexibility index (Phi) is 5.53. The predicted molar refractivity (Wildman–Crippen MR) is 162 cm³/mol. The molecule has 1 aliphatic heterocycles. The molecule has 0 aliphatic carbocycles. The van der Waals surface area contributed by atoms with Crippen molar-refractivity contribution in [2.45, 2.75) is 13.1 Å². The van der Waals surface area contributed by atoms with Gasteiger partial charge < -0.3 is 0 Å². The SMILES string of the molecule is C[Si]1(C)c2ccccc2-c2c(-c3ccccc3)nc(-c3cccc(-c4nccnc4-c4ccccc4)c3)nc21. The van der Waals surface area contributed by atoms with E-state index in [0.717, 1.165) is 45.2 Å². The zero-order valence-corrected chi connectivity index (χ0v) is 22.8. The van der Waals surface area contributed by atoms with Crippen molar-refractivity contribution in [2.24, 2.45) is 0 Å². The Morgan fingerprint density at radius 3 is 1.79 bits per heavy atom. The number of hydrogen-bond acceptors (Lipinski definition) is 4. The first-order valence-electron chi connectivity index (χ1n) is 13.2. The highest BCUT2D eigenvalue weighted by Crippen LogP contribution is 2.37. The first-order valence-corrected chi connectivity index (χ1v) is 16.2. The van der Waals surface area contributed by atoms with Gasteiger partial charge in [0.05, 0.1) is 17.1 Å². The summed E-state index contributed by atoms with van der Waals surface area (Å²) in [5.74, 6) is 0.744.